The number of hydrogen-bond acceptors (Lipinski definition) is 3. The van der Waals surface area contributed by atoms with Crippen LogP contribution in [0.4, 0.5) is 4.39 Å². The van der Waals surface area contributed by atoms with E-state index < -0.39 is 5.91 Å². The van der Waals surface area contributed by atoms with Crippen LogP contribution in [0.25, 0.3) is 11.3 Å². The van der Waals surface area contributed by atoms with Gasteiger partial charge in [0.1, 0.15) is 11.5 Å². The third-order valence-electron chi connectivity index (χ3n) is 3.19. The monoisotopic (exact) mass is 386 g/mol. The first kappa shape index (κ1) is 16.1. The van der Waals surface area contributed by atoms with E-state index in [1.54, 1.807) is 24.4 Å². The molecule has 3 aromatic rings. The second-order valence-corrected chi connectivity index (χ2v) is 5.84. The van der Waals surface area contributed by atoms with E-state index >= 15 is 0 Å². The summed E-state index contributed by atoms with van der Waals surface area (Å²) in [7, 11) is 0. The minimum absolute atomic E-state index is 0.265. The van der Waals surface area contributed by atoms with Gasteiger partial charge in [0.05, 0.1) is 11.9 Å². The van der Waals surface area contributed by atoms with Crippen molar-refractivity contribution in [2.75, 3.05) is 0 Å². The van der Waals surface area contributed by atoms with Gasteiger partial charge in [0.2, 0.25) is 0 Å². The molecule has 24 heavy (non-hydrogen) atoms. The van der Waals surface area contributed by atoms with Crippen LogP contribution in [0.5, 0.6) is 0 Å². The number of aromatic amines is 1. The molecule has 0 bridgehead atoms. The van der Waals surface area contributed by atoms with Crippen molar-refractivity contribution in [3.05, 3.63) is 76.1 Å². The standard InChI is InChI=1S/C17H12BrFN4O/c18-13-3-1-2-11(8-13)10-20-23-17(24)16-9-15(21-22-16)12-4-6-14(19)7-5-12/h1-10H,(H,21,22)(H,23,24). The summed E-state index contributed by atoms with van der Waals surface area (Å²) in [4.78, 5) is 12.0. The second kappa shape index (κ2) is 7.18. The first-order valence-corrected chi connectivity index (χ1v) is 7.81. The summed E-state index contributed by atoms with van der Waals surface area (Å²) in [5, 5.41) is 10.6. The summed E-state index contributed by atoms with van der Waals surface area (Å²) in [6.07, 6.45) is 1.54. The number of hydrogen-bond donors (Lipinski definition) is 2. The van der Waals surface area contributed by atoms with Crippen molar-refractivity contribution >= 4 is 28.1 Å². The van der Waals surface area contributed by atoms with Crippen molar-refractivity contribution in [1.82, 2.24) is 15.6 Å². The van der Waals surface area contributed by atoms with E-state index in [0.29, 0.717) is 11.3 Å². The molecule has 2 N–H and O–H groups in total. The molecule has 3 rings (SSSR count). The maximum Gasteiger partial charge on any atom is 0.289 e. The van der Waals surface area contributed by atoms with Gasteiger partial charge in [0.15, 0.2) is 0 Å². The molecule has 0 saturated carbocycles. The molecule has 0 aliphatic rings. The smallest absolute Gasteiger partial charge is 0.272 e. The van der Waals surface area contributed by atoms with Crippen molar-refractivity contribution in [2.45, 2.75) is 0 Å². The summed E-state index contributed by atoms with van der Waals surface area (Å²) < 4.78 is 13.9. The zero-order chi connectivity index (χ0) is 16.9. The van der Waals surface area contributed by atoms with Crippen LogP contribution < -0.4 is 5.43 Å². The molecule has 2 aromatic carbocycles. The van der Waals surface area contributed by atoms with Gasteiger partial charge in [-0.3, -0.25) is 9.89 Å². The first-order chi connectivity index (χ1) is 11.6. The molecule has 0 aliphatic carbocycles. The van der Waals surface area contributed by atoms with Gasteiger partial charge in [-0.15, -0.1) is 0 Å². The molecular weight excluding hydrogens is 375 g/mol. The molecule has 1 heterocycles. The number of halogens is 2. The second-order valence-electron chi connectivity index (χ2n) is 4.93. The number of amides is 1. The Morgan fingerprint density at radius 2 is 2.00 bits per heavy atom. The highest BCUT2D eigenvalue weighted by molar-refractivity contribution is 9.10. The summed E-state index contributed by atoms with van der Waals surface area (Å²) in [5.41, 5.74) is 4.80. The van der Waals surface area contributed by atoms with Gasteiger partial charge >= 0.3 is 0 Å². The van der Waals surface area contributed by atoms with Crippen LogP contribution in [0.3, 0.4) is 0 Å². The number of nitrogens with one attached hydrogen (secondary N) is 2. The number of hydrazone groups is 1. The maximum atomic E-state index is 12.9. The lowest BCUT2D eigenvalue weighted by Crippen LogP contribution is -2.17. The fourth-order valence-corrected chi connectivity index (χ4v) is 2.44. The molecule has 120 valence electrons. The van der Waals surface area contributed by atoms with E-state index in [0.717, 1.165) is 10.0 Å². The van der Waals surface area contributed by atoms with Crippen LogP contribution in [0.2, 0.25) is 0 Å². The van der Waals surface area contributed by atoms with Crippen LogP contribution in [-0.2, 0) is 0 Å². The van der Waals surface area contributed by atoms with Crippen LogP contribution >= 0.6 is 15.9 Å². The Morgan fingerprint density at radius 3 is 2.75 bits per heavy atom. The minimum atomic E-state index is -0.415. The lowest BCUT2D eigenvalue weighted by Gasteiger charge is -1.97. The summed E-state index contributed by atoms with van der Waals surface area (Å²) in [6, 6.07) is 15.0. The molecular formula is C17H12BrFN4O. The van der Waals surface area contributed by atoms with Crippen LogP contribution in [0.15, 0.2) is 64.2 Å². The number of carbonyl (C=O) groups excluding carboxylic acids is 1. The topological polar surface area (TPSA) is 70.1 Å². The average Bonchev–Trinajstić information content (AvgIpc) is 3.05. The SMILES string of the molecule is O=C(NN=Cc1cccc(Br)c1)c1cc(-c2ccc(F)cc2)n[nH]1. The molecule has 1 amide bonds. The van der Waals surface area contributed by atoms with Crippen LogP contribution in [0.1, 0.15) is 16.1 Å². The van der Waals surface area contributed by atoms with E-state index in [1.807, 2.05) is 24.3 Å². The van der Waals surface area contributed by atoms with E-state index in [-0.39, 0.29) is 11.5 Å². The zero-order valence-corrected chi connectivity index (χ0v) is 13.9. The van der Waals surface area contributed by atoms with E-state index in [1.165, 1.54) is 12.1 Å². The Labute approximate surface area is 145 Å². The van der Waals surface area contributed by atoms with Crippen LogP contribution in [-0.4, -0.2) is 22.3 Å². The fraction of sp³-hybridized carbons (Fsp3) is 0. The number of nitrogens with zero attached hydrogens (tertiary/aromatic N) is 2. The number of H-pyrrole nitrogens is 1. The highest BCUT2D eigenvalue weighted by Gasteiger charge is 2.10. The zero-order valence-electron chi connectivity index (χ0n) is 12.3. The van der Waals surface area contributed by atoms with E-state index in [4.69, 9.17) is 0 Å². The normalized spacial score (nSPS) is 10.9. The molecule has 7 heteroatoms. The van der Waals surface area contributed by atoms with Gasteiger partial charge in [-0.25, -0.2) is 9.82 Å². The van der Waals surface area contributed by atoms with Gasteiger partial charge in [-0.05, 0) is 48.0 Å². The Morgan fingerprint density at radius 1 is 1.21 bits per heavy atom. The van der Waals surface area contributed by atoms with Gasteiger partial charge < -0.3 is 0 Å². The lowest BCUT2D eigenvalue weighted by atomic mass is 10.1. The van der Waals surface area contributed by atoms with Gasteiger partial charge in [-0.2, -0.15) is 10.2 Å². The highest BCUT2D eigenvalue weighted by atomic mass is 79.9. The number of carbonyl (C=O) groups is 1. The molecule has 0 fully saturated rings. The van der Waals surface area contributed by atoms with Gasteiger partial charge in [0.25, 0.3) is 5.91 Å². The average molecular weight is 387 g/mol. The lowest BCUT2D eigenvalue weighted by molar-refractivity contribution is 0.0950. The quantitative estimate of drug-likeness (QED) is 0.529. The number of aromatic nitrogens is 2. The predicted octanol–water partition coefficient (Wildman–Crippen LogP) is 3.74. The van der Waals surface area contributed by atoms with E-state index in [2.05, 4.69) is 36.7 Å². The highest BCUT2D eigenvalue weighted by Crippen LogP contribution is 2.18. The van der Waals surface area contributed by atoms with Crippen molar-refractivity contribution in [3.8, 4) is 11.3 Å². The van der Waals surface area contributed by atoms with Crippen molar-refractivity contribution in [3.63, 3.8) is 0 Å². The Hall–Kier alpha value is -2.80. The molecule has 1 aromatic heterocycles. The molecule has 0 saturated heterocycles. The molecule has 0 radical (unpaired) electrons. The molecule has 5 nitrogen and oxygen atoms in total. The van der Waals surface area contributed by atoms with Crippen molar-refractivity contribution < 1.29 is 9.18 Å². The van der Waals surface area contributed by atoms with Gasteiger partial charge in [-0.1, -0.05) is 28.1 Å². The van der Waals surface area contributed by atoms with E-state index in [9.17, 15) is 9.18 Å². The maximum absolute atomic E-state index is 12.9. The van der Waals surface area contributed by atoms with Crippen molar-refractivity contribution in [1.29, 1.82) is 0 Å². The minimum Gasteiger partial charge on any atom is -0.272 e. The first-order valence-electron chi connectivity index (χ1n) is 7.02. The summed E-state index contributed by atoms with van der Waals surface area (Å²) in [5.74, 6) is -0.740. The Balaban J connectivity index is 1.66. The summed E-state index contributed by atoms with van der Waals surface area (Å²) in [6.45, 7) is 0. The number of benzene rings is 2. The van der Waals surface area contributed by atoms with Crippen LogP contribution in [0, 0.1) is 5.82 Å². The Bertz CT molecular complexity index is 890. The molecule has 0 atom stereocenters. The number of rotatable bonds is 4. The predicted molar refractivity (Wildman–Crippen MR) is 93.2 cm³/mol. The van der Waals surface area contributed by atoms with Gasteiger partial charge in [0, 0.05) is 10.0 Å². The third-order valence-corrected chi connectivity index (χ3v) is 3.68. The fourth-order valence-electron chi connectivity index (χ4n) is 2.02. The Kier molecular flexibility index (Phi) is 4.81. The third kappa shape index (κ3) is 3.94. The molecule has 0 aliphatic heterocycles. The van der Waals surface area contributed by atoms with Crippen molar-refractivity contribution in [2.24, 2.45) is 5.10 Å². The molecule has 0 spiro atoms. The largest absolute Gasteiger partial charge is 0.289 e. The molecule has 0 unspecified atom stereocenters. The summed E-state index contributed by atoms with van der Waals surface area (Å²) >= 11 is 3.36.